The Kier molecular flexibility index (Phi) is 5.98. The SMILES string of the molecule is COc1ccc(C(=O)/C=C/Nc2cccc([C@H](C)O)c2)cc1OC. The van der Waals surface area contributed by atoms with E-state index in [2.05, 4.69) is 5.32 Å². The molecule has 126 valence electrons. The molecule has 0 aliphatic carbocycles. The van der Waals surface area contributed by atoms with Gasteiger partial charge in [-0.3, -0.25) is 4.79 Å². The Balaban J connectivity index is 2.06. The van der Waals surface area contributed by atoms with Gasteiger partial charge in [-0.2, -0.15) is 0 Å². The van der Waals surface area contributed by atoms with E-state index >= 15 is 0 Å². The van der Waals surface area contributed by atoms with Crippen molar-refractivity contribution in [1.82, 2.24) is 0 Å². The second-order valence-corrected chi connectivity index (χ2v) is 5.21. The maximum Gasteiger partial charge on any atom is 0.187 e. The number of benzene rings is 2. The molecule has 2 aromatic carbocycles. The Morgan fingerprint density at radius 2 is 1.88 bits per heavy atom. The second kappa shape index (κ2) is 8.17. The molecular formula is C19H21NO4. The summed E-state index contributed by atoms with van der Waals surface area (Å²) in [6.45, 7) is 1.70. The molecule has 0 aromatic heterocycles. The van der Waals surface area contributed by atoms with Gasteiger partial charge in [0.1, 0.15) is 0 Å². The zero-order valence-corrected chi connectivity index (χ0v) is 13.9. The zero-order chi connectivity index (χ0) is 17.5. The standard InChI is InChI=1S/C19H21NO4/c1-13(21)14-5-4-6-16(11-14)20-10-9-17(22)15-7-8-18(23-2)19(12-15)24-3/h4-13,20-21H,1-3H3/b10-9+/t13-/m0/s1. The molecule has 5 heteroatoms. The van der Waals surface area contributed by atoms with E-state index < -0.39 is 6.10 Å². The van der Waals surface area contributed by atoms with E-state index in [1.807, 2.05) is 24.3 Å². The minimum Gasteiger partial charge on any atom is -0.493 e. The van der Waals surface area contributed by atoms with Crippen LogP contribution in [0.25, 0.3) is 0 Å². The van der Waals surface area contributed by atoms with Crippen LogP contribution in [0.4, 0.5) is 5.69 Å². The van der Waals surface area contributed by atoms with Gasteiger partial charge in [0.25, 0.3) is 0 Å². The summed E-state index contributed by atoms with van der Waals surface area (Å²) in [4.78, 5) is 12.2. The van der Waals surface area contributed by atoms with E-state index in [0.717, 1.165) is 11.3 Å². The average molecular weight is 327 g/mol. The highest BCUT2D eigenvalue weighted by Gasteiger charge is 2.08. The van der Waals surface area contributed by atoms with Crippen molar-refractivity contribution < 1.29 is 19.4 Å². The molecule has 24 heavy (non-hydrogen) atoms. The van der Waals surface area contributed by atoms with Crippen LogP contribution in [-0.4, -0.2) is 25.1 Å². The number of carbonyl (C=O) groups is 1. The summed E-state index contributed by atoms with van der Waals surface area (Å²) < 4.78 is 10.3. The van der Waals surface area contributed by atoms with E-state index in [1.54, 1.807) is 38.4 Å². The molecule has 0 bridgehead atoms. The molecule has 0 radical (unpaired) electrons. The fourth-order valence-corrected chi connectivity index (χ4v) is 2.19. The van der Waals surface area contributed by atoms with Crippen molar-refractivity contribution in [3.63, 3.8) is 0 Å². The zero-order valence-electron chi connectivity index (χ0n) is 13.9. The number of ether oxygens (including phenoxy) is 2. The van der Waals surface area contributed by atoms with Crippen LogP contribution >= 0.6 is 0 Å². The third-order valence-electron chi connectivity index (χ3n) is 3.52. The maximum absolute atomic E-state index is 12.2. The molecule has 0 heterocycles. The van der Waals surface area contributed by atoms with Gasteiger partial charge in [0, 0.05) is 23.5 Å². The molecular weight excluding hydrogens is 306 g/mol. The lowest BCUT2D eigenvalue weighted by Crippen LogP contribution is -1.99. The Hall–Kier alpha value is -2.79. The molecule has 5 nitrogen and oxygen atoms in total. The summed E-state index contributed by atoms with van der Waals surface area (Å²) in [5, 5.41) is 12.6. The molecule has 2 rings (SSSR count). The molecule has 2 aromatic rings. The number of aliphatic hydroxyl groups excluding tert-OH is 1. The summed E-state index contributed by atoms with van der Waals surface area (Å²) in [5.41, 5.74) is 2.10. The molecule has 0 aliphatic rings. The third kappa shape index (κ3) is 4.36. The summed E-state index contributed by atoms with van der Waals surface area (Å²) in [5.74, 6) is 0.926. The van der Waals surface area contributed by atoms with Crippen molar-refractivity contribution in [3.8, 4) is 11.5 Å². The quantitative estimate of drug-likeness (QED) is 0.601. The number of hydrogen-bond donors (Lipinski definition) is 2. The van der Waals surface area contributed by atoms with E-state index in [-0.39, 0.29) is 5.78 Å². The third-order valence-corrected chi connectivity index (χ3v) is 3.52. The number of allylic oxidation sites excluding steroid dienone is 1. The van der Waals surface area contributed by atoms with Gasteiger partial charge >= 0.3 is 0 Å². The molecule has 0 unspecified atom stereocenters. The van der Waals surface area contributed by atoms with Gasteiger partial charge in [-0.05, 0) is 42.8 Å². The summed E-state index contributed by atoms with van der Waals surface area (Å²) in [6, 6.07) is 12.4. The topological polar surface area (TPSA) is 67.8 Å². The molecule has 0 spiro atoms. The first kappa shape index (κ1) is 17.6. The van der Waals surface area contributed by atoms with Crippen molar-refractivity contribution in [2.45, 2.75) is 13.0 Å². The van der Waals surface area contributed by atoms with E-state index in [1.165, 1.54) is 13.2 Å². The number of ketones is 1. The Morgan fingerprint density at radius 1 is 1.12 bits per heavy atom. The molecule has 0 aliphatic heterocycles. The minimum atomic E-state index is -0.538. The molecule has 2 N–H and O–H groups in total. The van der Waals surface area contributed by atoms with Crippen LogP contribution in [-0.2, 0) is 0 Å². The number of nitrogens with one attached hydrogen (secondary N) is 1. The van der Waals surface area contributed by atoms with Gasteiger partial charge in [-0.1, -0.05) is 12.1 Å². The highest BCUT2D eigenvalue weighted by Crippen LogP contribution is 2.27. The summed E-state index contributed by atoms with van der Waals surface area (Å²) >= 11 is 0. The van der Waals surface area contributed by atoms with Crippen LogP contribution in [0.3, 0.4) is 0 Å². The van der Waals surface area contributed by atoms with Crippen LogP contribution in [0.15, 0.2) is 54.7 Å². The monoisotopic (exact) mass is 327 g/mol. The van der Waals surface area contributed by atoms with Crippen LogP contribution in [0.2, 0.25) is 0 Å². The first-order chi connectivity index (χ1) is 11.5. The number of anilines is 1. The maximum atomic E-state index is 12.2. The predicted octanol–water partition coefficient (Wildman–Crippen LogP) is 3.57. The molecule has 0 saturated heterocycles. The van der Waals surface area contributed by atoms with Crippen molar-refractivity contribution in [2.75, 3.05) is 19.5 Å². The van der Waals surface area contributed by atoms with E-state index in [0.29, 0.717) is 17.1 Å². The van der Waals surface area contributed by atoms with Crippen LogP contribution in [0.5, 0.6) is 11.5 Å². The molecule has 0 amide bonds. The number of carbonyl (C=O) groups excluding carboxylic acids is 1. The van der Waals surface area contributed by atoms with Crippen LogP contribution in [0.1, 0.15) is 28.9 Å². The summed E-state index contributed by atoms with van der Waals surface area (Å²) in [7, 11) is 3.07. The normalized spacial score (nSPS) is 12.0. The van der Waals surface area contributed by atoms with E-state index in [4.69, 9.17) is 9.47 Å². The number of hydrogen-bond acceptors (Lipinski definition) is 5. The van der Waals surface area contributed by atoms with Gasteiger partial charge in [-0.25, -0.2) is 0 Å². The van der Waals surface area contributed by atoms with Crippen LogP contribution in [0, 0.1) is 0 Å². The smallest absolute Gasteiger partial charge is 0.187 e. The largest absolute Gasteiger partial charge is 0.493 e. The Morgan fingerprint density at radius 3 is 2.54 bits per heavy atom. The lowest BCUT2D eigenvalue weighted by Gasteiger charge is -2.08. The second-order valence-electron chi connectivity index (χ2n) is 5.21. The number of methoxy groups -OCH3 is 2. The number of aliphatic hydroxyl groups is 1. The molecule has 0 saturated carbocycles. The Labute approximate surface area is 141 Å². The Bertz CT molecular complexity index is 738. The minimum absolute atomic E-state index is 0.157. The van der Waals surface area contributed by atoms with Gasteiger partial charge in [0.2, 0.25) is 0 Å². The lowest BCUT2D eigenvalue weighted by molar-refractivity contribution is 0.104. The highest BCUT2D eigenvalue weighted by molar-refractivity contribution is 6.05. The highest BCUT2D eigenvalue weighted by atomic mass is 16.5. The van der Waals surface area contributed by atoms with Gasteiger partial charge < -0.3 is 19.9 Å². The van der Waals surface area contributed by atoms with Gasteiger partial charge in [0.15, 0.2) is 17.3 Å². The molecule has 1 atom stereocenters. The van der Waals surface area contributed by atoms with Crippen molar-refractivity contribution in [1.29, 1.82) is 0 Å². The van der Waals surface area contributed by atoms with Gasteiger partial charge in [0.05, 0.1) is 20.3 Å². The average Bonchev–Trinajstić information content (AvgIpc) is 2.61. The van der Waals surface area contributed by atoms with Crippen LogP contribution < -0.4 is 14.8 Å². The number of rotatable bonds is 7. The van der Waals surface area contributed by atoms with E-state index in [9.17, 15) is 9.90 Å². The molecule has 0 fully saturated rings. The van der Waals surface area contributed by atoms with Crippen molar-refractivity contribution in [2.24, 2.45) is 0 Å². The first-order valence-electron chi connectivity index (χ1n) is 7.52. The summed E-state index contributed by atoms with van der Waals surface area (Å²) in [6.07, 6.45) is 2.47. The van der Waals surface area contributed by atoms with Crippen molar-refractivity contribution >= 4 is 11.5 Å². The first-order valence-corrected chi connectivity index (χ1v) is 7.52. The van der Waals surface area contributed by atoms with Crippen molar-refractivity contribution in [3.05, 3.63) is 65.9 Å². The fraction of sp³-hybridized carbons (Fsp3) is 0.211. The lowest BCUT2D eigenvalue weighted by atomic mass is 10.1. The fourth-order valence-electron chi connectivity index (χ4n) is 2.19. The van der Waals surface area contributed by atoms with Gasteiger partial charge in [-0.15, -0.1) is 0 Å². The predicted molar refractivity (Wildman–Crippen MR) is 93.7 cm³/mol.